The smallest absolute Gasteiger partial charge is 0.186 e. The zero-order valence-corrected chi connectivity index (χ0v) is 12.5. The Morgan fingerprint density at radius 3 is 2.35 bits per heavy atom. The Morgan fingerprint density at radius 1 is 1.05 bits per heavy atom. The van der Waals surface area contributed by atoms with Crippen LogP contribution in [0.25, 0.3) is 0 Å². The van der Waals surface area contributed by atoms with Crippen molar-refractivity contribution in [3.05, 3.63) is 0 Å². The molecule has 0 bridgehead atoms. The minimum Gasteiger partial charge on any atom is -0.394 e. The van der Waals surface area contributed by atoms with Crippen LogP contribution in [0.5, 0.6) is 0 Å². The van der Waals surface area contributed by atoms with Crippen LogP contribution in [0.15, 0.2) is 0 Å². The normalized spacial score (nSPS) is 30.6. The summed E-state index contributed by atoms with van der Waals surface area (Å²) in [5.74, 6) is 0. The van der Waals surface area contributed by atoms with Gasteiger partial charge in [-0.05, 0) is 6.42 Å². The molecule has 0 saturated carbocycles. The predicted molar refractivity (Wildman–Crippen MR) is 76.3 cm³/mol. The second kappa shape index (κ2) is 10.5. The van der Waals surface area contributed by atoms with E-state index in [1.165, 1.54) is 32.1 Å². The Bertz CT molecular complexity index is 236. The number of aliphatic hydroxyl groups excluding tert-OH is 3. The SMILES string of the molecule is CCCCCCCCCO[C@@H]1O[C@H](CO)C[C@H](O)[C@H]1O. The van der Waals surface area contributed by atoms with Crippen LogP contribution in [0.3, 0.4) is 0 Å². The minimum absolute atomic E-state index is 0.166. The van der Waals surface area contributed by atoms with Crippen LogP contribution < -0.4 is 0 Å². The van der Waals surface area contributed by atoms with Crippen molar-refractivity contribution >= 4 is 0 Å². The molecular formula is C15H30O5. The van der Waals surface area contributed by atoms with Gasteiger partial charge in [-0.3, -0.25) is 0 Å². The summed E-state index contributed by atoms with van der Waals surface area (Å²) in [6.45, 7) is 2.55. The summed E-state index contributed by atoms with van der Waals surface area (Å²) >= 11 is 0. The van der Waals surface area contributed by atoms with Crippen molar-refractivity contribution in [2.75, 3.05) is 13.2 Å². The maximum Gasteiger partial charge on any atom is 0.186 e. The van der Waals surface area contributed by atoms with Gasteiger partial charge in [0.15, 0.2) is 6.29 Å². The summed E-state index contributed by atoms with van der Waals surface area (Å²) in [6, 6.07) is 0. The molecular weight excluding hydrogens is 260 g/mol. The maximum absolute atomic E-state index is 9.77. The standard InChI is InChI=1S/C15H30O5/c1-2-3-4-5-6-7-8-9-19-15-14(18)13(17)10-12(11-16)20-15/h12-18H,2-11H2,1H3/t12-,13-,14+,15+/m0/s1. The van der Waals surface area contributed by atoms with E-state index in [2.05, 4.69) is 6.92 Å². The highest BCUT2D eigenvalue weighted by molar-refractivity contribution is 4.80. The molecule has 0 aromatic heterocycles. The van der Waals surface area contributed by atoms with Crippen molar-refractivity contribution in [3.8, 4) is 0 Å². The average Bonchev–Trinajstić information content (AvgIpc) is 2.45. The molecule has 0 aliphatic carbocycles. The molecule has 5 nitrogen and oxygen atoms in total. The molecule has 1 heterocycles. The Hall–Kier alpha value is -0.200. The monoisotopic (exact) mass is 290 g/mol. The van der Waals surface area contributed by atoms with E-state index >= 15 is 0 Å². The number of unbranched alkanes of at least 4 members (excludes halogenated alkanes) is 6. The second-order valence-electron chi connectivity index (χ2n) is 5.59. The molecule has 0 unspecified atom stereocenters. The summed E-state index contributed by atoms with van der Waals surface area (Å²) in [6.07, 6.45) is 5.43. The van der Waals surface area contributed by atoms with Crippen LogP contribution >= 0.6 is 0 Å². The molecule has 5 heteroatoms. The fourth-order valence-corrected chi connectivity index (χ4v) is 2.43. The third kappa shape index (κ3) is 6.50. The molecule has 1 aliphatic rings. The van der Waals surface area contributed by atoms with Crippen LogP contribution in [0.1, 0.15) is 58.3 Å². The van der Waals surface area contributed by atoms with Gasteiger partial charge in [-0.2, -0.15) is 0 Å². The highest BCUT2D eigenvalue weighted by Crippen LogP contribution is 2.21. The van der Waals surface area contributed by atoms with Gasteiger partial charge in [0.2, 0.25) is 0 Å². The van der Waals surface area contributed by atoms with E-state index in [1.54, 1.807) is 0 Å². The summed E-state index contributed by atoms with van der Waals surface area (Å²) in [4.78, 5) is 0. The van der Waals surface area contributed by atoms with Gasteiger partial charge in [-0.15, -0.1) is 0 Å². The molecule has 4 atom stereocenters. The highest BCUT2D eigenvalue weighted by atomic mass is 16.7. The Labute approximate surface area is 121 Å². The summed E-state index contributed by atoms with van der Waals surface area (Å²) in [5, 5.41) is 28.5. The number of hydrogen-bond acceptors (Lipinski definition) is 5. The molecule has 3 N–H and O–H groups in total. The predicted octanol–water partition coefficient (Wildman–Crippen LogP) is 1.58. The van der Waals surface area contributed by atoms with E-state index in [0.29, 0.717) is 6.61 Å². The van der Waals surface area contributed by atoms with Crippen molar-refractivity contribution < 1.29 is 24.8 Å². The number of aliphatic hydroxyl groups is 3. The quantitative estimate of drug-likeness (QED) is 0.532. The molecule has 1 rings (SSSR count). The first kappa shape index (κ1) is 17.9. The van der Waals surface area contributed by atoms with Gasteiger partial charge >= 0.3 is 0 Å². The van der Waals surface area contributed by atoms with Crippen molar-refractivity contribution in [2.45, 2.75) is 82.9 Å². The van der Waals surface area contributed by atoms with Crippen LogP contribution in [0.4, 0.5) is 0 Å². The van der Waals surface area contributed by atoms with Crippen molar-refractivity contribution in [1.29, 1.82) is 0 Å². The zero-order valence-electron chi connectivity index (χ0n) is 12.5. The van der Waals surface area contributed by atoms with E-state index in [-0.39, 0.29) is 13.0 Å². The van der Waals surface area contributed by atoms with Crippen LogP contribution in [0.2, 0.25) is 0 Å². The van der Waals surface area contributed by atoms with E-state index in [0.717, 1.165) is 12.8 Å². The molecule has 0 spiro atoms. The molecule has 1 aliphatic heterocycles. The lowest BCUT2D eigenvalue weighted by Gasteiger charge is -2.36. The lowest BCUT2D eigenvalue weighted by atomic mass is 10.0. The van der Waals surface area contributed by atoms with E-state index < -0.39 is 24.6 Å². The van der Waals surface area contributed by atoms with Gasteiger partial charge in [0, 0.05) is 13.0 Å². The summed E-state index contributed by atoms with van der Waals surface area (Å²) in [7, 11) is 0. The summed E-state index contributed by atoms with van der Waals surface area (Å²) in [5.41, 5.74) is 0. The molecule has 0 radical (unpaired) electrons. The largest absolute Gasteiger partial charge is 0.394 e. The first-order chi connectivity index (χ1) is 9.69. The number of rotatable bonds is 10. The van der Waals surface area contributed by atoms with Gasteiger partial charge in [0.25, 0.3) is 0 Å². The molecule has 120 valence electrons. The minimum atomic E-state index is -1.03. The van der Waals surface area contributed by atoms with E-state index in [1.807, 2.05) is 0 Å². The lowest BCUT2D eigenvalue weighted by molar-refractivity contribution is -0.271. The molecule has 1 fully saturated rings. The molecule has 0 aromatic carbocycles. The van der Waals surface area contributed by atoms with Crippen molar-refractivity contribution in [3.63, 3.8) is 0 Å². The maximum atomic E-state index is 9.77. The van der Waals surface area contributed by atoms with E-state index in [4.69, 9.17) is 14.6 Å². The van der Waals surface area contributed by atoms with Crippen LogP contribution in [0, 0.1) is 0 Å². The molecule has 20 heavy (non-hydrogen) atoms. The Balaban J connectivity index is 2.07. The van der Waals surface area contributed by atoms with Gasteiger partial charge in [-0.1, -0.05) is 45.4 Å². The fraction of sp³-hybridized carbons (Fsp3) is 1.00. The third-order valence-corrected chi connectivity index (χ3v) is 3.74. The Morgan fingerprint density at radius 2 is 1.70 bits per heavy atom. The van der Waals surface area contributed by atoms with Gasteiger partial charge in [-0.25, -0.2) is 0 Å². The van der Waals surface area contributed by atoms with E-state index in [9.17, 15) is 10.2 Å². The van der Waals surface area contributed by atoms with Gasteiger partial charge in [0.05, 0.1) is 18.8 Å². The number of hydrogen-bond donors (Lipinski definition) is 3. The van der Waals surface area contributed by atoms with Crippen molar-refractivity contribution in [2.24, 2.45) is 0 Å². The second-order valence-corrected chi connectivity index (χ2v) is 5.59. The van der Waals surface area contributed by atoms with Gasteiger partial charge < -0.3 is 24.8 Å². The van der Waals surface area contributed by atoms with Crippen LogP contribution in [-0.4, -0.2) is 53.1 Å². The molecule has 0 aromatic rings. The first-order valence-electron chi connectivity index (χ1n) is 7.93. The van der Waals surface area contributed by atoms with Crippen molar-refractivity contribution in [1.82, 2.24) is 0 Å². The summed E-state index contributed by atoms with van der Waals surface area (Å²) < 4.78 is 10.9. The first-order valence-corrected chi connectivity index (χ1v) is 7.93. The Kier molecular flexibility index (Phi) is 9.39. The molecule has 1 saturated heterocycles. The third-order valence-electron chi connectivity index (χ3n) is 3.74. The lowest BCUT2D eigenvalue weighted by Crippen LogP contribution is -2.50. The van der Waals surface area contributed by atoms with Gasteiger partial charge in [0.1, 0.15) is 6.10 Å². The van der Waals surface area contributed by atoms with Crippen LogP contribution in [-0.2, 0) is 9.47 Å². The molecule has 0 amide bonds. The fourth-order valence-electron chi connectivity index (χ4n) is 2.43. The number of ether oxygens (including phenoxy) is 2. The topological polar surface area (TPSA) is 79.2 Å². The average molecular weight is 290 g/mol. The zero-order chi connectivity index (χ0) is 14.8. The highest BCUT2D eigenvalue weighted by Gasteiger charge is 2.36.